The molecule has 3 aromatic rings. The summed E-state index contributed by atoms with van der Waals surface area (Å²) < 4.78 is 67.9. The number of nitrogens with zero attached hydrogens (tertiary/aromatic N) is 3. The number of likely N-dealkylation sites (N-methyl/N-ethyl adjacent to an activating group) is 1. The Morgan fingerprint density at radius 1 is 0.969 bits per heavy atom. The first kappa shape index (κ1) is 21.4. The summed E-state index contributed by atoms with van der Waals surface area (Å²) in [5.41, 5.74) is 2.93. The van der Waals surface area contributed by atoms with Crippen molar-refractivity contribution in [3.63, 3.8) is 0 Å². The summed E-state index contributed by atoms with van der Waals surface area (Å²) in [5, 5.41) is 0. The van der Waals surface area contributed by atoms with E-state index in [0.29, 0.717) is 5.56 Å². The number of carbonyl (C=O) groups excluding carboxylic acids is 1. The molecule has 0 saturated carbocycles. The second kappa shape index (κ2) is 7.40. The first-order valence-electron chi connectivity index (χ1n) is 9.27. The van der Waals surface area contributed by atoms with E-state index >= 15 is 0 Å². The van der Waals surface area contributed by atoms with Crippen LogP contribution in [0.4, 0.5) is 22.0 Å². The molecule has 32 heavy (non-hydrogen) atoms. The quantitative estimate of drug-likeness (QED) is 0.617. The zero-order valence-corrected chi connectivity index (χ0v) is 16.5. The van der Waals surface area contributed by atoms with Crippen LogP contribution in [-0.2, 0) is 16.5 Å². The average Bonchev–Trinajstić information content (AvgIpc) is 2.99. The summed E-state index contributed by atoms with van der Waals surface area (Å²) in [7, 11) is 1.33. The summed E-state index contributed by atoms with van der Waals surface area (Å²) in [6, 6.07) is 10.5. The molecule has 1 aliphatic rings. The summed E-state index contributed by atoms with van der Waals surface area (Å²) >= 11 is 0. The Morgan fingerprint density at radius 2 is 1.62 bits per heavy atom. The first-order valence-corrected chi connectivity index (χ1v) is 9.27. The number of hydrogen-bond acceptors (Lipinski definition) is 4. The predicted molar refractivity (Wildman–Crippen MR) is 106 cm³/mol. The Hall–Kier alpha value is -3.82. The highest BCUT2D eigenvalue weighted by Gasteiger charge is 2.50. The van der Waals surface area contributed by atoms with Crippen LogP contribution in [-0.4, -0.2) is 28.8 Å². The topological polar surface area (TPSA) is 71.6 Å². The fourth-order valence-electron chi connectivity index (χ4n) is 3.60. The third kappa shape index (κ3) is 3.37. The van der Waals surface area contributed by atoms with Gasteiger partial charge >= 0.3 is 6.18 Å². The van der Waals surface area contributed by atoms with Gasteiger partial charge < -0.3 is 5.73 Å². The largest absolute Gasteiger partial charge is 0.433 e. The molecule has 5 nitrogen and oxygen atoms in total. The number of nitrogens with two attached hydrogens (primary N) is 1. The Bertz CT molecular complexity index is 1240. The van der Waals surface area contributed by atoms with Gasteiger partial charge in [-0.25, -0.2) is 13.8 Å². The lowest BCUT2D eigenvalue weighted by atomic mass is 9.81. The molecule has 164 valence electrons. The minimum atomic E-state index is -4.76. The minimum absolute atomic E-state index is 0.0168. The molecule has 2 N–H and O–H groups in total. The van der Waals surface area contributed by atoms with Gasteiger partial charge in [-0.2, -0.15) is 13.2 Å². The lowest BCUT2D eigenvalue weighted by Crippen LogP contribution is -2.41. The molecule has 4 rings (SSSR count). The maximum absolute atomic E-state index is 14.6. The van der Waals surface area contributed by atoms with Gasteiger partial charge in [-0.15, -0.1) is 0 Å². The molecule has 1 atom stereocenters. The molecule has 1 amide bonds. The van der Waals surface area contributed by atoms with Gasteiger partial charge in [0.2, 0.25) is 0 Å². The number of rotatable bonds is 3. The molecule has 0 saturated heterocycles. The fraction of sp³-hybridized carbons (Fsp3) is 0.136. The number of aliphatic imine (C=N–C) groups is 1. The van der Waals surface area contributed by atoms with Crippen LogP contribution >= 0.6 is 0 Å². The van der Waals surface area contributed by atoms with Crippen LogP contribution in [0.2, 0.25) is 0 Å². The Balaban J connectivity index is 1.97. The molecular weight excluding hydrogens is 431 g/mol. The normalized spacial score (nSPS) is 18.8. The number of pyridine rings is 1. The number of carbonyl (C=O) groups is 1. The van der Waals surface area contributed by atoms with Crippen molar-refractivity contribution in [3.05, 3.63) is 89.2 Å². The zero-order chi connectivity index (χ0) is 23.3. The summed E-state index contributed by atoms with van der Waals surface area (Å²) in [5.74, 6) is -2.13. The highest BCUT2D eigenvalue weighted by atomic mass is 19.4. The molecule has 0 spiro atoms. The van der Waals surface area contributed by atoms with Crippen LogP contribution in [0.5, 0.6) is 0 Å². The Kier molecular flexibility index (Phi) is 4.95. The van der Waals surface area contributed by atoms with Crippen molar-refractivity contribution < 1.29 is 26.7 Å². The van der Waals surface area contributed by atoms with Crippen LogP contribution in [0, 0.1) is 11.6 Å². The smallest absolute Gasteiger partial charge is 0.369 e. The molecule has 2 aromatic carbocycles. The van der Waals surface area contributed by atoms with Gasteiger partial charge in [0.05, 0.1) is 0 Å². The van der Waals surface area contributed by atoms with Crippen LogP contribution in [0.15, 0.2) is 65.8 Å². The molecule has 1 unspecified atom stereocenters. The van der Waals surface area contributed by atoms with Crippen molar-refractivity contribution >= 4 is 11.9 Å². The highest BCUT2D eigenvalue weighted by molar-refractivity contribution is 6.09. The number of amides is 1. The van der Waals surface area contributed by atoms with E-state index < -0.39 is 35.0 Å². The van der Waals surface area contributed by atoms with E-state index in [1.54, 1.807) is 0 Å². The predicted octanol–water partition coefficient (Wildman–Crippen LogP) is 4.08. The highest BCUT2D eigenvalue weighted by Crippen LogP contribution is 2.42. The number of aromatic nitrogens is 1. The van der Waals surface area contributed by atoms with E-state index in [1.165, 1.54) is 37.4 Å². The number of hydrogen-bond donors (Lipinski definition) is 1. The van der Waals surface area contributed by atoms with Crippen molar-refractivity contribution in [3.8, 4) is 11.1 Å². The summed E-state index contributed by atoms with van der Waals surface area (Å²) in [6.07, 6.45) is -3.84. The van der Waals surface area contributed by atoms with E-state index in [0.717, 1.165) is 35.4 Å². The maximum atomic E-state index is 14.6. The molecule has 0 aliphatic carbocycles. The number of halogens is 5. The first-order chi connectivity index (χ1) is 15.0. The second-order valence-corrected chi connectivity index (χ2v) is 7.17. The second-order valence-electron chi connectivity index (χ2n) is 7.17. The molecule has 0 radical (unpaired) electrons. The summed E-state index contributed by atoms with van der Waals surface area (Å²) in [6.45, 7) is 0. The van der Waals surface area contributed by atoms with Crippen LogP contribution in [0.1, 0.15) is 16.8 Å². The molecule has 0 fully saturated rings. The fourth-order valence-corrected chi connectivity index (χ4v) is 3.60. The van der Waals surface area contributed by atoms with Crippen LogP contribution in [0.3, 0.4) is 0 Å². The third-order valence-corrected chi connectivity index (χ3v) is 5.25. The molecule has 1 aliphatic heterocycles. The van der Waals surface area contributed by atoms with Gasteiger partial charge in [0.1, 0.15) is 17.3 Å². The molecule has 0 bridgehead atoms. The van der Waals surface area contributed by atoms with Crippen molar-refractivity contribution in [2.45, 2.75) is 11.7 Å². The van der Waals surface area contributed by atoms with Gasteiger partial charge in [0.25, 0.3) is 5.91 Å². The van der Waals surface area contributed by atoms with Crippen molar-refractivity contribution in [2.75, 3.05) is 7.05 Å². The van der Waals surface area contributed by atoms with Crippen LogP contribution < -0.4 is 5.73 Å². The van der Waals surface area contributed by atoms with E-state index in [2.05, 4.69) is 9.98 Å². The van der Waals surface area contributed by atoms with Crippen LogP contribution in [0.25, 0.3) is 11.1 Å². The molecule has 2 heterocycles. The lowest BCUT2D eigenvalue weighted by Gasteiger charge is -2.27. The van der Waals surface area contributed by atoms with Gasteiger partial charge in [0, 0.05) is 18.8 Å². The Labute approximate surface area is 179 Å². The van der Waals surface area contributed by atoms with Gasteiger partial charge in [0.15, 0.2) is 11.5 Å². The monoisotopic (exact) mass is 446 g/mol. The van der Waals surface area contributed by atoms with E-state index in [4.69, 9.17) is 5.73 Å². The maximum Gasteiger partial charge on any atom is 0.433 e. The van der Waals surface area contributed by atoms with Gasteiger partial charge in [-0.3, -0.25) is 14.7 Å². The van der Waals surface area contributed by atoms with E-state index in [-0.39, 0.29) is 22.6 Å². The Morgan fingerprint density at radius 3 is 2.22 bits per heavy atom. The minimum Gasteiger partial charge on any atom is -0.369 e. The van der Waals surface area contributed by atoms with Gasteiger partial charge in [-0.1, -0.05) is 18.2 Å². The third-order valence-electron chi connectivity index (χ3n) is 5.25. The average molecular weight is 446 g/mol. The van der Waals surface area contributed by atoms with Crippen molar-refractivity contribution in [1.82, 2.24) is 9.88 Å². The van der Waals surface area contributed by atoms with Crippen molar-refractivity contribution in [1.29, 1.82) is 0 Å². The lowest BCUT2D eigenvalue weighted by molar-refractivity contribution is -0.141. The van der Waals surface area contributed by atoms with Gasteiger partial charge in [-0.05, 0) is 53.1 Å². The number of guanidine groups is 1. The number of benzene rings is 2. The summed E-state index contributed by atoms with van der Waals surface area (Å²) in [4.78, 5) is 21.8. The van der Waals surface area contributed by atoms with E-state index in [1.807, 2.05) is 0 Å². The van der Waals surface area contributed by atoms with Crippen molar-refractivity contribution in [2.24, 2.45) is 10.7 Å². The van der Waals surface area contributed by atoms with E-state index in [9.17, 15) is 26.7 Å². The molecular formula is C22H15F5N4O. The SMILES string of the molecule is CN1C(=O)C(c2ccnc(C(F)(F)F)c2)(c2ccc(F)c(-c3ccc(F)cc3)c2)N=C1N. The number of alkyl halides is 3. The molecule has 1 aromatic heterocycles. The molecule has 10 heteroatoms. The zero-order valence-electron chi connectivity index (χ0n) is 16.5. The standard InChI is InChI=1S/C22H15F5N4O/c1-31-19(32)21(30-20(31)28,14-8-9-29-18(11-14)22(25,26)27)13-4-7-17(24)16(10-13)12-2-5-15(23)6-3-12/h2-11H,1H3,(H2,28,30).